The fourth-order valence-corrected chi connectivity index (χ4v) is 1.83. The fourth-order valence-electron chi connectivity index (χ4n) is 1.65. The Labute approximate surface area is 121 Å². The smallest absolute Gasteiger partial charge is 0.251 e. The number of carbonyl (C=O) groups is 1. The van der Waals surface area contributed by atoms with Crippen LogP contribution in [0.25, 0.3) is 0 Å². The number of nitrogens with zero attached hydrogens (tertiary/aromatic N) is 1. The molecule has 0 radical (unpaired) electrons. The van der Waals surface area contributed by atoms with Gasteiger partial charge < -0.3 is 11.1 Å². The van der Waals surface area contributed by atoms with Crippen molar-refractivity contribution in [2.45, 2.75) is 6.54 Å². The number of amides is 1. The first-order valence-electron chi connectivity index (χ1n) is 5.92. The van der Waals surface area contributed by atoms with Gasteiger partial charge in [-0.05, 0) is 35.9 Å². The maximum atomic E-state index is 11.9. The first kappa shape index (κ1) is 13.9. The molecule has 2 rings (SSSR count). The zero-order valence-electron chi connectivity index (χ0n) is 10.6. The predicted molar refractivity (Wildman–Crippen MR) is 78.2 cm³/mol. The van der Waals surface area contributed by atoms with E-state index in [0.717, 1.165) is 5.56 Å². The van der Waals surface area contributed by atoms with Crippen molar-refractivity contribution in [3.8, 4) is 6.07 Å². The Bertz CT molecular complexity index is 675. The summed E-state index contributed by atoms with van der Waals surface area (Å²) in [4.78, 5) is 11.9. The summed E-state index contributed by atoms with van der Waals surface area (Å²) in [5, 5.41) is 11.8. The number of carbonyl (C=O) groups excluding carboxylic acids is 1. The van der Waals surface area contributed by atoms with Crippen LogP contribution in [0.15, 0.2) is 42.5 Å². The lowest BCUT2D eigenvalue weighted by molar-refractivity contribution is 0.0951. The van der Waals surface area contributed by atoms with Gasteiger partial charge in [0.05, 0.1) is 22.3 Å². The summed E-state index contributed by atoms with van der Waals surface area (Å²) in [5.41, 5.74) is 7.99. The highest BCUT2D eigenvalue weighted by molar-refractivity contribution is 6.33. The molecular weight excluding hydrogens is 274 g/mol. The average molecular weight is 286 g/mol. The van der Waals surface area contributed by atoms with Crippen LogP contribution < -0.4 is 11.1 Å². The highest BCUT2D eigenvalue weighted by atomic mass is 35.5. The summed E-state index contributed by atoms with van der Waals surface area (Å²) < 4.78 is 0. The number of nitrogens with two attached hydrogens (primary N) is 1. The van der Waals surface area contributed by atoms with Crippen molar-refractivity contribution >= 4 is 23.2 Å². The molecule has 0 bridgehead atoms. The molecule has 20 heavy (non-hydrogen) atoms. The first-order valence-corrected chi connectivity index (χ1v) is 6.30. The fraction of sp³-hybridized carbons (Fsp3) is 0.0667. The van der Waals surface area contributed by atoms with E-state index < -0.39 is 0 Å². The second kappa shape index (κ2) is 6.09. The van der Waals surface area contributed by atoms with Crippen molar-refractivity contribution in [2.75, 3.05) is 5.73 Å². The number of benzene rings is 2. The molecule has 4 nitrogen and oxygen atoms in total. The number of anilines is 1. The van der Waals surface area contributed by atoms with Crippen molar-refractivity contribution in [1.29, 1.82) is 5.26 Å². The normalized spacial score (nSPS) is 9.80. The monoisotopic (exact) mass is 285 g/mol. The summed E-state index contributed by atoms with van der Waals surface area (Å²) in [5.74, 6) is -0.226. The highest BCUT2D eigenvalue weighted by Gasteiger charge is 2.07. The molecule has 0 saturated carbocycles. The maximum Gasteiger partial charge on any atom is 0.251 e. The standard InChI is InChI=1S/C15H12ClN3O/c16-13-7-12(5-6-14(13)18)15(20)19-9-11-3-1-10(8-17)2-4-11/h1-7H,9,18H2,(H,19,20). The zero-order chi connectivity index (χ0) is 14.5. The minimum absolute atomic E-state index is 0.226. The first-order chi connectivity index (χ1) is 9.60. The van der Waals surface area contributed by atoms with Gasteiger partial charge in [0.25, 0.3) is 5.91 Å². The predicted octanol–water partition coefficient (Wildman–Crippen LogP) is 2.72. The number of nitriles is 1. The van der Waals surface area contributed by atoms with Crippen molar-refractivity contribution in [2.24, 2.45) is 0 Å². The van der Waals surface area contributed by atoms with Crippen LogP contribution in [0.3, 0.4) is 0 Å². The molecule has 0 aliphatic rings. The molecule has 100 valence electrons. The van der Waals surface area contributed by atoms with Crippen LogP contribution in [-0.2, 0) is 6.54 Å². The van der Waals surface area contributed by atoms with Crippen molar-refractivity contribution in [3.63, 3.8) is 0 Å². The van der Waals surface area contributed by atoms with Gasteiger partial charge in [0.1, 0.15) is 0 Å². The third-order valence-corrected chi connectivity index (χ3v) is 3.13. The number of hydrogen-bond donors (Lipinski definition) is 2. The summed E-state index contributed by atoms with van der Waals surface area (Å²) in [6.45, 7) is 0.381. The topological polar surface area (TPSA) is 78.9 Å². The molecule has 0 aliphatic heterocycles. The SMILES string of the molecule is N#Cc1ccc(CNC(=O)c2ccc(N)c(Cl)c2)cc1. The van der Waals surface area contributed by atoms with E-state index in [0.29, 0.717) is 28.4 Å². The molecular formula is C15H12ClN3O. The molecule has 0 spiro atoms. The largest absolute Gasteiger partial charge is 0.398 e. The van der Waals surface area contributed by atoms with Crippen LogP contribution in [0.4, 0.5) is 5.69 Å². The summed E-state index contributed by atoms with van der Waals surface area (Å²) in [7, 11) is 0. The third kappa shape index (κ3) is 3.28. The molecule has 0 fully saturated rings. The van der Waals surface area contributed by atoms with E-state index in [1.54, 1.807) is 36.4 Å². The van der Waals surface area contributed by atoms with Crippen LogP contribution in [0.2, 0.25) is 5.02 Å². The molecule has 0 heterocycles. The Morgan fingerprint density at radius 3 is 2.55 bits per heavy atom. The van der Waals surface area contributed by atoms with Crippen molar-refractivity contribution in [3.05, 3.63) is 64.2 Å². The molecule has 0 aliphatic carbocycles. The maximum absolute atomic E-state index is 11.9. The molecule has 0 saturated heterocycles. The van der Waals surface area contributed by atoms with E-state index in [2.05, 4.69) is 5.32 Å². The number of halogens is 1. The Morgan fingerprint density at radius 1 is 1.25 bits per heavy atom. The van der Waals surface area contributed by atoms with Crippen LogP contribution in [0, 0.1) is 11.3 Å². The molecule has 3 N–H and O–H groups in total. The minimum atomic E-state index is -0.226. The van der Waals surface area contributed by atoms with Gasteiger partial charge in [0.15, 0.2) is 0 Å². The van der Waals surface area contributed by atoms with Crippen LogP contribution in [0.5, 0.6) is 0 Å². The molecule has 0 unspecified atom stereocenters. The van der Waals surface area contributed by atoms with E-state index in [1.165, 1.54) is 6.07 Å². The quantitative estimate of drug-likeness (QED) is 0.851. The van der Waals surface area contributed by atoms with Gasteiger partial charge >= 0.3 is 0 Å². The second-order valence-corrected chi connectivity index (χ2v) is 4.63. The minimum Gasteiger partial charge on any atom is -0.398 e. The van der Waals surface area contributed by atoms with Gasteiger partial charge in [-0.2, -0.15) is 5.26 Å². The molecule has 2 aromatic rings. The molecule has 2 aromatic carbocycles. The van der Waals surface area contributed by atoms with E-state index in [1.807, 2.05) is 6.07 Å². The van der Waals surface area contributed by atoms with Crippen LogP contribution in [-0.4, -0.2) is 5.91 Å². The Hall–Kier alpha value is -2.51. The lowest BCUT2D eigenvalue weighted by Gasteiger charge is -2.06. The molecule has 5 heteroatoms. The number of nitrogens with one attached hydrogen (secondary N) is 1. The van der Waals surface area contributed by atoms with Gasteiger partial charge in [0.2, 0.25) is 0 Å². The van der Waals surface area contributed by atoms with Gasteiger partial charge in [-0.25, -0.2) is 0 Å². The molecule has 1 amide bonds. The number of nitrogen functional groups attached to an aromatic ring is 1. The average Bonchev–Trinajstić information content (AvgIpc) is 2.48. The van der Waals surface area contributed by atoms with E-state index in [4.69, 9.17) is 22.6 Å². The zero-order valence-corrected chi connectivity index (χ0v) is 11.3. The molecule has 0 aromatic heterocycles. The van der Waals surface area contributed by atoms with Gasteiger partial charge in [0, 0.05) is 12.1 Å². The van der Waals surface area contributed by atoms with E-state index in [9.17, 15) is 4.79 Å². The van der Waals surface area contributed by atoms with E-state index in [-0.39, 0.29) is 5.91 Å². The van der Waals surface area contributed by atoms with E-state index >= 15 is 0 Å². The summed E-state index contributed by atoms with van der Waals surface area (Å²) >= 11 is 5.87. The number of hydrogen-bond acceptors (Lipinski definition) is 3. The molecule has 0 atom stereocenters. The van der Waals surface area contributed by atoms with Crippen molar-refractivity contribution < 1.29 is 4.79 Å². The van der Waals surface area contributed by atoms with Crippen LogP contribution >= 0.6 is 11.6 Å². The van der Waals surface area contributed by atoms with Crippen LogP contribution in [0.1, 0.15) is 21.5 Å². The van der Waals surface area contributed by atoms with Gasteiger partial charge in [-0.3, -0.25) is 4.79 Å². The Balaban J connectivity index is 2.01. The summed E-state index contributed by atoms with van der Waals surface area (Å²) in [6.07, 6.45) is 0. The lowest BCUT2D eigenvalue weighted by atomic mass is 10.1. The van der Waals surface area contributed by atoms with Gasteiger partial charge in [-0.1, -0.05) is 23.7 Å². The Morgan fingerprint density at radius 2 is 1.95 bits per heavy atom. The number of rotatable bonds is 3. The van der Waals surface area contributed by atoms with Crippen molar-refractivity contribution in [1.82, 2.24) is 5.32 Å². The third-order valence-electron chi connectivity index (χ3n) is 2.80. The van der Waals surface area contributed by atoms with Gasteiger partial charge in [-0.15, -0.1) is 0 Å². The highest BCUT2D eigenvalue weighted by Crippen LogP contribution is 2.19. The second-order valence-electron chi connectivity index (χ2n) is 4.23. The summed E-state index contributed by atoms with van der Waals surface area (Å²) in [6, 6.07) is 13.8. The lowest BCUT2D eigenvalue weighted by Crippen LogP contribution is -2.22. The Kier molecular flexibility index (Phi) is 4.24.